The SMILES string of the molecule is CONc1nc2c(N3CCN(C(=O)N4CCCC4)C(C)C3)cc(S(=O)(=O)NC3(C)CC3)cc2c(=O)n1Cc1cnn(C)c1. The maximum absolute atomic E-state index is 14.1. The van der Waals surface area contributed by atoms with Crippen molar-refractivity contribution < 1.29 is 18.0 Å². The van der Waals surface area contributed by atoms with Crippen LogP contribution in [0, 0.1) is 0 Å². The molecule has 1 saturated carbocycles. The Morgan fingerprint density at radius 2 is 1.91 bits per heavy atom. The summed E-state index contributed by atoms with van der Waals surface area (Å²) in [6.45, 7) is 6.93. The van der Waals surface area contributed by atoms with Gasteiger partial charge in [-0.3, -0.25) is 18.9 Å². The number of piperazine rings is 1. The lowest BCUT2D eigenvalue weighted by Crippen LogP contribution is -2.57. The van der Waals surface area contributed by atoms with Crippen molar-refractivity contribution in [2.45, 2.75) is 62.6 Å². The Bertz CT molecular complexity index is 1710. The van der Waals surface area contributed by atoms with Crippen LogP contribution in [0.2, 0.25) is 0 Å². The number of fused-ring (bicyclic) bond motifs is 1. The number of amides is 2. The maximum atomic E-state index is 14.1. The Hall–Kier alpha value is -3.69. The van der Waals surface area contributed by atoms with Gasteiger partial charge < -0.3 is 14.7 Å². The zero-order chi connectivity index (χ0) is 30.5. The van der Waals surface area contributed by atoms with Crippen molar-refractivity contribution in [3.63, 3.8) is 0 Å². The van der Waals surface area contributed by atoms with Gasteiger partial charge in [0, 0.05) is 63.1 Å². The van der Waals surface area contributed by atoms with Gasteiger partial charge in [-0.15, -0.1) is 0 Å². The van der Waals surface area contributed by atoms with Crippen LogP contribution in [-0.2, 0) is 28.5 Å². The summed E-state index contributed by atoms with van der Waals surface area (Å²) in [6.07, 6.45) is 6.99. The molecule has 4 heterocycles. The molecular formula is C28H39N9O5S. The molecule has 232 valence electrons. The first-order chi connectivity index (χ1) is 20.5. The minimum absolute atomic E-state index is 0.00521. The second kappa shape index (κ2) is 11.1. The van der Waals surface area contributed by atoms with E-state index < -0.39 is 21.1 Å². The van der Waals surface area contributed by atoms with E-state index in [-0.39, 0.29) is 34.8 Å². The standard InChI is InChI=1S/C28H39N9O5S/c1-19-16-35(11-12-36(19)27(39)34-9-5-6-10-34)23-14-21(43(40,41)32-28(2)7-8-28)13-22-24(23)30-26(31-42-4)37(25(22)38)18-20-15-29-33(3)17-20/h13-15,17,19,32H,5-12,16,18H2,1-4H3,(H,30,31). The van der Waals surface area contributed by atoms with Crippen LogP contribution in [-0.4, -0.2) is 95.0 Å². The highest BCUT2D eigenvalue weighted by Crippen LogP contribution is 2.37. The topological polar surface area (TPSA) is 147 Å². The number of anilines is 2. The third-order valence-electron chi connectivity index (χ3n) is 8.59. The van der Waals surface area contributed by atoms with Gasteiger partial charge in [-0.1, -0.05) is 0 Å². The van der Waals surface area contributed by atoms with Gasteiger partial charge in [-0.2, -0.15) is 5.10 Å². The van der Waals surface area contributed by atoms with Crippen molar-refractivity contribution in [1.82, 2.24) is 33.9 Å². The zero-order valence-electron chi connectivity index (χ0n) is 25.0. The number of carbonyl (C=O) groups excluding carboxylic acids is 1. The number of nitrogens with one attached hydrogen (secondary N) is 2. The van der Waals surface area contributed by atoms with E-state index >= 15 is 0 Å². The van der Waals surface area contributed by atoms with E-state index in [2.05, 4.69) is 15.3 Å². The summed E-state index contributed by atoms with van der Waals surface area (Å²) in [5.74, 6) is 0.181. The molecule has 15 heteroatoms. The van der Waals surface area contributed by atoms with Crippen molar-refractivity contribution in [1.29, 1.82) is 0 Å². The molecule has 1 aromatic carbocycles. The lowest BCUT2D eigenvalue weighted by Gasteiger charge is -2.42. The fourth-order valence-corrected chi connectivity index (χ4v) is 7.46. The fraction of sp³-hybridized carbons (Fsp3) is 0.571. The Labute approximate surface area is 250 Å². The normalized spacial score (nSPS) is 20.2. The number of likely N-dealkylation sites (tertiary alicyclic amines) is 1. The lowest BCUT2D eigenvalue weighted by atomic mass is 10.1. The average molecular weight is 614 g/mol. The highest BCUT2D eigenvalue weighted by atomic mass is 32.2. The number of aromatic nitrogens is 4. The molecule has 2 amide bonds. The number of aryl methyl sites for hydroxylation is 1. The number of carbonyl (C=O) groups is 1. The number of benzene rings is 1. The van der Waals surface area contributed by atoms with Crippen LogP contribution in [0.4, 0.5) is 16.4 Å². The van der Waals surface area contributed by atoms with E-state index in [0.717, 1.165) is 44.3 Å². The van der Waals surface area contributed by atoms with E-state index in [0.29, 0.717) is 30.8 Å². The highest BCUT2D eigenvalue weighted by Gasteiger charge is 2.42. The van der Waals surface area contributed by atoms with E-state index in [1.165, 1.54) is 17.7 Å². The van der Waals surface area contributed by atoms with Gasteiger partial charge in [0.2, 0.25) is 16.0 Å². The quantitative estimate of drug-likeness (QED) is 0.363. The Kier molecular flexibility index (Phi) is 7.59. The third kappa shape index (κ3) is 5.80. The molecule has 0 radical (unpaired) electrons. The van der Waals surface area contributed by atoms with Crippen LogP contribution in [0.1, 0.15) is 45.1 Å². The molecule has 2 saturated heterocycles. The molecule has 3 aromatic rings. The summed E-state index contributed by atoms with van der Waals surface area (Å²) >= 11 is 0. The fourth-order valence-electron chi connectivity index (χ4n) is 5.95. The van der Waals surface area contributed by atoms with Crippen LogP contribution in [0.3, 0.4) is 0 Å². The predicted molar refractivity (Wildman–Crippen MR) is 161 cm³/mol. The van der Waals surface area contributed by atoms with E-state index in [1.54, 1.807) is 30.2 Å². The first-order valence-electron chi connectivity index (χ1n) is 14.7. The number of sulfonamides is 1. The Balaban J connectivity index is 1.44. The van der Waals surface area contributed by atoms with Gasteiger partial charge in [0.1, 0.15) is 5.52 Å². The first-order valence-corrected chi connectivity index (χ1v) is 16.2. The molecular weight excluding hydrogens is 574 g/mol. The number of rotatable bonds is 8. The van der Waals surface area contributed by atoms with E-state index in [1.807, 2.05) is 28.5 Å². The van der Waals surface area contributed by atoms with Crippen molar-refractivity contribution in [3.05, 3.63) is 40.4 Å². The molecule has 3 aliphatic rings. The molecule has 14 nitrogen and oxygen atoms in total. The van der Waals surface area contributed by atoms with Gasteiger partial charge in [0.15, 0.2) is 0 Å². The van der Waals surface area contributed by atoms with Crippen LogP contribution in [0.5, 0.6) is 0 Å². The monoisotopic (exact) mass is 613 g/mol. The molecule has 2 N–H and O–H groups in total. The van der Waals surface area contributed by atoms with Crippen LogP contribution < -0.4 is 20.7 Å². The molecule has 1 unspecified atom stereocenters. The lowest BCUT2D eigenvalue weighted by molar-refractivity contribution is 0.139. The zero-order valence-corrected chi connectivity index (χ0v) is 25.9. The van der Waals surface area contributed by atoms with Crippen LogP contribution >= 0.6 is 0 Å². The van der Waals surface area contributed by atoms with Crippen LogP contribution in [0.15, 0.2) is 34.2 Å². The number of nitrogens with zero attached hydrogens (tertiary/aromatic N) is 7. The molecule has 1 atom stereocenters. The molecule has 6 rings (SSSR count). The summed E-state index contributed by atoms with van der Waals surface area (Å²) in [7, 11) is -0.718. The van der Waals surface area contributed by atoms with Crippen molar-refractivity contribution >= 4 is 38.6 Å². The number of hydrogen-bond donors (Lipinski definition) is 2. The maximum Gasteiger partial charge on any atom is 0.320 e. The molecule has 0 spiro atoms. The molecule has 2 aliphatic heterocycles. The van der Waals surface area contributed by atoms with Gasteiger partial charge in [-0.05, 0) is 51.7 Å². The molecule has 3 fully saturated rings. The van der Waals surface area contributed by atoms with E-state index in [4.69, 9.17) is 9.82 Å². The first kappa shape index (κ1) is 29.4. The van der Waals surface area contributed by atoms with E-state index in [9.17, 15) is 18.0 Å². The van der Waals surface area contributed by atoms with Gasteiger partial charge in [-0.25, -0.2) is 28.4 Å². The number of hydrogen-bond acceptors (Lipinski definition) is 9. The second-order valence-corrected chi connectivity index (χ2v) is 13.8. The predicted octanol–water partition coefficient (Wildman–Crippen LogP) is 1.71. The van der Waals surface area contributed by atoms with Gasteiger partial charge >= 0.3 is 6.03 Å². The van der Waals surface area contributed by atoms with Crippen molar-refractivity contribution in [3.8, 4) is 0 Å². The summed E-state index contributed by atoms with van der Waals surface area (Å²) < 4.78 is 33.1. The second-order valence-electron chi connectivity index (χ2n) is 12.1. The smallest absolute Gasteiger partial charge is 0.320 e. The van der Waals surface area contributed by atoms with Crippen LogP contribution in [0.25, 0.3) is 10.9 Å². The molecule has 2 aromatic heterocycles. The minimum Gasteiger partial charge on any atom is -0.366 e. The van der Waals surface area contributed by atoms with Crippen molar-refractivity contribution in [2.75, 3.05) is 50.2 Å². The Morgan fingerprint density at radius 3 is 2.53 bits per heavy atom. The number of urea groups is 1. The molecule has 1 aliphatic carbocycles. The largest absolute Gasteiger partial charge is 0.366 e. The minimum atomic E-state index is -3.94. The van der Waals surface area contributed by atoms with Gasteiger partial charge in [0.05, 0.1) is 35.8 Å². The summed E-state index contributed by atoms with van der Waals surface area (Å²) in [5, 5.41) is 4.37. The third-order valence-corrected chi connectivity index (χ3v) is 10.2. The summed E-state index contributed by atoms with van der Waals surface area (Å²) in [6, 6.07) is 2.91. The Morgan fingerprint density at radius 1 is 1.16 bits per heavy atom. The summed E-state index contributed by atoms with van der Waals surface area (Å²) in [5.41, 5.74) is 3.46. The molecule has 43 heavy (non-hydrogen) atoms. The van der Waals surface area contributed by atoms with Gasteiger partial charge in [0.25, 0.3) is 5.56 Å². The highest BCUT2D eigenvalue weighted by molar-refractivity contribution is 7.89. The average Bonchev–Trinajstić information content (AvgIpc) is 3.31. The summed E-state index contributed by atoms with van der Waals surface area (Å²) in [4.78, 5) is 43.1. The van der Waals surface area contributed by atoms with Crippen molar-refractivity contribution in [2.24, 2.45) is 7.05 Å². The molecule has 0 bridgehead atoms.